The van der Waals surface area contributed by atoms with Gasteiger partial charge in [0, 0.05) is 39.4 Å². The molecular weight excluding hydrogens is 466 g/mol. The van der Waals surface area contributed by atoms with Gasteiger partial charge in [0.05, 0.1) is 0 Å². The number of amides is 1. The summed E-state index contributed by atoms with van der Waals surface area (Å²) in [6.45, 7) is 3.45. The summed E-state index contributed by atoms with van der Waals surface area (Å²) in [5.41, 5.74) is 5.37. The molecule has 0 radical (unpaired) electrons. The second kappa shape index (κ2) is 10.5. The van der Waals surface area contributed by atoms with E-state index in [1.807, 2.05) is 55.5 Å². The summed E-state index contributed by atoms with van der Waals surface area (Å²) in [5, 5.41) is 7.61. The van der Waals surface area contributed by atoms with Gasteiger partial charge in [-0.1, -0.05) is 51.8 Å². The molecule has 4 aromatic rings. The van der Waals surface area contributed by atoms with Crippen LogP contribution in [0.15, 0.2) is 77.4 Å². The van der Waals surface area contributed by atoms with Crippen LogP contribution in [0.25, 0.3) is 10.9 Å². The van der Waals surface area contributed by atoms with Gasteiger partial charge in [0.2, 0.25) is 0 Å². The van der Waals surface area contributed by atoms with E-state index in [1.54, 1.807) is 0 Å². The molecule has 3 N–H and O–H groups in total. The Morgan fingerprint density at radius 3 is 2.69 bits per heavy atom. The lowest BCUT2D eigenvalue weighted by Crippen LogP contribution is -2.21. The van der Waals surface area contributed by atoms with E-state index >= 15 is 0 Å². The van der Waals surface area contributed by atoms with Gasteiger partial charge in [0.1, 0.15) is 5.75 Å². The maximum absolute atomic E-state index is 12.3. The minimum absolute atomic E-state index is 0.0438. The average Bonchev–Trinajstić information content (AvgIpc) is 3.21. The minimum Gasteiger partial charge on any atom is -0.483 e. The number of H-pyrrole nitrogens is 1. The number of ether oxygens (including phenoxy) is 1. The van der Waals surface area contributed by atoms with E-state index in [9.17, 15) is 4.79 Å². The lowest BCUT2D eigenvalue weighted by atomic mass is 10.1. The standard InChI is InChI=1S/C26H26BrN3O2/c1-18-6-9-22(10-7-18)30-26(31)17-32-25-11-8-21(27)14-20(25)15-28-13-12-19-16-29-24-5-3-2-4-23(19)24/h2-11,14,16,28-29H,12-13,15,17H2,1H3,(H,30,31). The van der Waals surface area contributed by atoms with Crippen molar-refractivity contribution in [2.75, 3.05) is 18.5 Å². The molecule has 1 heterocycles. The van der Waals surface area contributed by atoms with Gasteiger partial charge in [-0.05, 0) is 61.9 Å². The molecule has 0 aliphatic carbocycles. The van der Waals surface area contributed by atoms with Crippen LogP contribution in [0.4, 0.5) is 5.69 Å². The Balaban J connectivity index is 1.30. The van der Waals surface area contributed by atoms with Crippen LogP contribution in [0.5, 0.6) is 5.75 Å². The molecule has 0 unspecified atom stereocenters. The summed E-state index contributed by atoms with van der Waals surface area (Å²) in [5.74, 6) is 0.516. The van der Waals surface area contributed by atoms with E-state index in [0.29, 0.717) is 12.3 Å². The first kappa shape index (κ1) is 22.1. The number of anilines is 1. The second-order valence-corrected chi connectivity index (χ2v) is 8.66. The number of rotatable bonds is 9. The number of nitrogens with one attached hydrogen (secondary N) is 3. The van der Waals surface area contributed by atoms with Gasteiger partial charge in [0.15, 0.2) is 6.61 Å². The van der Waals surface area contributed by atoms with E-state index in [4.69, 9.17) is 4.74 Å². The van der Waals surface area contributed by atoms with Crippen molar-refractivity contribution >= 4 is 38.4 Å². The molecule has 32 heavy (non-hydrogen) atoms. The molecule has 1 aromatic heterocycles. The molecule has 0 bridgehead atoms. The fraction of sp³-hybridized carbons (Fsp3) is 0.192. The average molecular weight is 492 g/mol. The topological polar surface area (TPSA) is 66.2 Å². The Kier molecular flexibility index (Phi) is 7.24. The lowest BCUT2D eigenvalue weighted by molar-refractivity contribution is -0.118. The predicted molar refractivity (Wildman–Crippen MR) is 133 cm³/mol. The normalized spacial score (nSPS) is 10.9. The monoisotopic (exact) mass is 491 g/mol. The van der Waals surface area contributed by atoms with E-state index in [-0.39, 0.29) is 12.5 Å². The molecule has 0 saturated heterocycles. The van der Waals surface area contributed by atoms with Crippen molar-refractivity contribution in [3.05, 3.63) is 94.1 Å². The fourth-order valence-corrected chi connectivity index (χ4v) is 4.00. The Labute approximate surface area is 196 Å². The highest BCUT2D eigenvalue weighted by atomic mass is 79.9. The number of aryl methyl sites for hydroxylation is 1. The first-order valence-electron chi connectivity index (χ1n) is 10.6. The van der Waals surface area contributed by atoms with Crippen molar-refractivity contribution in [3.8, 4) is 5.75 Å². The zero-order valence-corrected chi connectivity index (χ0v) is 19.5. The number of carbonyl (C=O) groups excluding carboxylic acids is 1. The van der Waals surface area contributed by atoms with Crippen LogP contribution in [0.1, 0.15) is 16.7 Å². The highest BCUT2D eigenvalue weighted by molar-refractivity contribution is 9.10. The van der Waals surface area contributed by atoms with Crippen molar-refractivity contribution in [3.63, 3.8) is 0 Å². The number of para-hydroxylation sites is 1. The number of hydrogen-bond acceptors (Lipinski definition) is 3. The van der Waals surface area contributed by atoms with E-state index in [2.05, 4.69) is 55.9 Å². The van der Waals surface area contributed by atoms with Gasteiger partial charge in [-0.3, -0.25) is 4.79 Å². The van der Waals surface area contributed by atoms with Crippen molar-refractivity contribution in [1.29, 1.82) is 0 Å². The zero-order chi connectivity index (χ0) is 22.3. The smallest absolute Gasteiger partial charge is 0.262 e. The van der Waals surface area contributed by atoms with Crippen molar-refractivity contribution in [2.45, 2.75) is 19.9 Å². The molecular formula is C26H26BrN3O2. The number of carbonyl (C=O) groups is 1. The van der Waals surface area contributed by atoms with Gasteiger partial charge in [0.25, 0.3) is 5.91 Å². The highest BCUT2D eigenvalue weighted by Gasteiger charge is 2.09. The van der Waals surface area contributed by atoms with Crippen molar-refractivity contribution < 1.29 is 9.53 Å². The molecule has 1 amide bonds. The van der Waals surface area contributed by atoms with Crippen LogP contribution >= 0.6 is 15.9 Å². The van der Waals surface area contributed by atoms with Crippen LogP contribution in [0.2, 0.25) is 0 Å². The largest absolute Gasteiger partial charge is 0.483 e. The summed E-state index contributed by atoms with van der Waals surface area (Å²) in [7, 11) is 0. The highest BCUT2D eigenvalue weighted by Crippen LogP contribution is 2.24. The van der Waals surface area contributed by atoms with Crippen LogP contribution in [-0.4, -0.2) is 24.0 Å². The Bertz CT molecular complexity index is 1200. The molecule has 164 valence electrons. The molecule has 4 rings (SSSR count). The van der Waals surface area contributed by atoms with Crippen LogP contribution in [-0.2, 0) is 17.8 Å². The molecule has 0 aliphatic heterocycles. The third-order valence-corrected chi connectivity index (χ3v) is 5.77. The summed E-state index contributed by atoms with van der Waals surface area (Å²) in [4.78, 5) is 15.6. The van der Waals surface area contributed by atoms with E-state index in [0.717, 1.165) is 39.8 Å². The van der Waals surface area contributed by atoms with Gasteiger partial charge in [-0.15, -0.1) is 0 Å². The Morgan fingerprint density at radius 2 is 1.84 bits per heavy atom. The molecule has 5 nitrogen and oxygen atoms in total. The van der Waals surface area contributed by atoms with Crippen LogP contribution in [0.3, 0.4) is 0 Å². The quantitative estimate of drug-likeness (QED) is 0.267. The third-order valence-electron chi connectivity index (χ3n) is 5.28. The van der Waals surface area contributed by atoms with Crippen LogP contribution < -0.4 is 15.4 Å². The predicted octanol–water partition coefficient (Wildman–Crippen LogP) is 5.59. The molecule has 6 heteroatoms. The number of aromatic amines is 1. The van der Waals surface area contributed by atoms with E-state index < -0.39 is 0 Å². The number of fused-ring (bicyclic) bond motifs is 1. The van der Waals surface area contributed by atoms with Gasteiger partial charge in [-0.2, -0.15) is 0 Å². The maximum Gasteiger partial charge on any atom is 0.262 e. The zero-order valence-electron chi connectivity index (χ0n) is 18.0. The van der Waals surface area contributed by atoms with E-state index in [1.165, 1.54) is 10.9 Å². The molecule has 0 atom stereocenters. The molecule has 0 saturated carbocycles. The molecule has 0 fully saturated rings. The minimum atomic E-state index is -0.185. The SMILES string of the molecule is Cc1ccc(NC(=O)COc2ccc(Br)cc2CNCCc2c[nH]c3ccccc23)cc1. The summed E-state index contributed by atoms with van der Waals surface area (Å²) in [6, 6.07) is 21.9. The molecule has 0 spiro atoms. The number of hydrogen-bond donors (Lipinski definition) is 3. The Hall–Kier alpha value is -3.09. The molecule has 3 aromatic carbocycles. The first-order valence-corrected chi connectivity index (χ1v) is 11.4. The molecule has 0 aliphatic rings. The summed E-state index contributed by atoms with van der Waals surface area (Å²) < 4.78 is 6.81. The number of aromatic nitrogens is 1. The summed E-state index contributed by atoms with van der Waals surface area (Å²) in [6.07, 6.45) is 3.00. The van der Waals surface area contributed by atoms with Crippen molar-refractivity contribution in [1.82, 2.24) is 10.3 Å². The van der Waals surface area contributed by atoms with Gasteiger partial charge < -0.3 is 20.4 Å². The van der Waals surface area contributed by atoms with Crippen LogP contribution in [0, 0.1) is 6.92 Å². The lowest BCUT2D eigenvalue weighted by Gasteiger charge is -2.13. The summed E-state index contributed by atoms with van der Waals surface area (Å²) >= 11 is 3.53. The fourth-order valence-electron chi connectivity index (χ4n) is 3.59. The first-order chi connectivity index (χ1) is 15.6. The third kappa shape index (κ3) is 5.78. The number of halogens is 1. The Morgan fingerprint density at radius 1 is 1.03 bits per heavy atom. The van der Waals surface area contributed by atoms with Gasteiger partial charge in [-0.25, -0.2) is 0 Å². The number of benzene rings is 3. The maximum atomic E-state index is 12.3. The van der Waals surface area contributed by atoms with Crippen molar-refractivity contribution in [2.24, 2.45) is 0 Å². The van der Waals surface area contributed by atoms with Gasteiger partial charge >= 0.3 is 0 Å². The second-order valence-electron chi connectivity index (χ2n) is 7.74.